The van der Waals surface area contributed by atoms with Crippen molar-refractivity contribution in [1.82, 2.24) is 20.6 Å². The molecule has 7 nitrogen and oxygen atoms in total. The van der Waals surface area contributed by atoms with Gasteiger partial charge in [0, 0.05) is 12.6 Å². The van der Waals surface area contributed by atoms with Crippen molar-refractivity contribution in [2.75, 3.05) is 0 Å². The van der Waals surface area contributed by atoms with E-state index in [1.54, 1.807) is 38.2 Å². The van der Waals surface area contributed by atoms with Crippen LogP contribution in [-0.2, 0) is 13.7 Å². The molecule has 0 aliphatic carbocycles. The van der Waals surface area contributed by atoms with E-state index in [0.717, 1.165) is 11.3 Å². The number of benzene rings is 2. The molecule has 2 aromatic carbocycles. The lowest BCUT2D eigenvalue weighted by Gasteiger charge is -2.10. The van der Waals surface area contributed by atoms with Crippen molar-refractivity contribution in [1.29, 1.82) is 0 Å². The molecule has 2 N–H and O–H groups in total. The Balaban J connectivity index is 1.55. The summed E-state index contributed by atoms with van der Waals surface area (Å²) in [6, 6.07) is 12.9. The van der Waals surface area contributed by atoms with E-state index in [1.807, 2.05) is 25.1 Å². The minimum Gasteiger partial charge on any atom is -0.489 e. The van der Waals surface area contributed by atoms with Gasteiger partial charge < -0.3 is 4.74 Å². The fourth-order valence-electron chi connectivity index (χ4n) is 2.85. The highest BCUT2D eigenvalue weighted by Gasteiger charge is 2.19. The Bertz CT molecular complexity index is 1090. The molecule has 3 aromatic rings. The normalized spacial score (nSPS) is 10.6. The van der Waals surface area contributed by atoms with Gasteiger partial charge in [-0.25, -0.2) is 0 Å². The number of hydrogen-bond donors (Lipinski definition) is 2. The van der Waals surface area contributed by atoms with Crippen LogP contribution in [0.1, 0.15) is 43.2 Å². The highest BCUT2D eigenvalue weighted by molar-refractivity contribution is 6.34. The highest BCUT2D eigenvalue weighted by Crippen LogP contribution is 2.19. The van der Waals surface area contributed by atoms with Crippen molar-refractivity contribution in [2.45, 2.75) is 27.4 Å². The van der Waals surface area contributed by atoms with Gasteiger partial charge >= 0.3 is 0 Å². The predicted molar refractivity (Wildman–Crippen MR) is 115 cm³/mol. The van der Waals surface area contributed by atoms with Crippen LogP contribution in [0.5, 0.6) is 5.75 Å². The van der Waals surface area contributed by atoms with Gasteiger partial charge in [-0.2, -0.15) is 5.10 Å². The molecular formula is C22H23ClN4O3. The molecule has 0 saturated heterocycles. The van der Waals surface area contributed by atoms with Crippen molar-refractivity contribution < 1.29 is 14.3 Å². The molecule has 0 saturated carbocycles. The fourth-order valence-corrected chi connectivity index (χ4v) is 3.09. The lowest BCUT2D eigenvalue weighted by molar-refractivity contribution is 0.0841. The summed E-state index contributed by atoms with van der Waals surface area (Å²) in [5.41, 5.74) is 9.15. The first-order valence-corrected chi connectivity index (χ1v) is 9.73. The van der Waals surface area contributed by atoms with Crippen LogP contribution in [-0.4, -0.2) is 21.6 Å². The quantitative estimate of drug-likeness (QED) is 0.610. The number of amides is 2. The molecule has 0 spiro atoms. The molecule has 156 valence electrons. The van der Waals surface area contributed by atoms with Crippen LogP contribution in [0.4, 0.5) is 0 Å². The molecule has 0 aliphatic heterocycles. The molecule has 3 rings (SSSR count). The summed E-state index contributed by atoms with van der Waals surface area (Å²) in [4.78, 5) is 24.6. The van der Waals surface area contributed by atoms with Crippen molar-refractivity contribution in [3.05, 3.63) is 81.1 Å². The van der Waals surface area contributed by atoms with E-state index in [-0.39, 0.29) is 10.7 Å². The monoisotopic (exact) mass is 426 g/mol. The van der Waals surface area contributed by atoms with E-state index in [2.05, 4.69) is 22.9 Å². The minimum absolute atomic E-state index is 0.174. The Morgan fingerprint density at radius 3 is 2.27 bits per heavy atom. The molecule has 0 bridgehead atoms. The second-order valence-electron chi connectivity index (χ2n) is 7.01. The van der Waals surface area contributed by atoms with Crippen LogP contribution in [0.25, 0.3) is 0 Å². The first-order valence-electron chi connectivity index (χ1n) is 9.35. The molecule has 30 heavy (non-hydrogen) atoms. The van der Waals surface area contributed by atoms with Crippen LogP contribution in [0.15, 0.2) is 42.5 Å². The van der Waals surface area contributed by atoms with Crippen LogP contribution >= 0.6 is 11.6 Å². The van der Waals surface area contributed by atoms with Gasteiger partial charge in [-0.1, -0.05) is 29.8 Å². The van der Waals surface area contributed by atoms with Crippen molar-refractivity contribution in [3.8, 4) is 5.75 Å². The molecule has 0 aliphatic rings. The molecule has 0 unspecified atom stereocenters. The van der Waals surface area contributed by atoms with Gasteiger partial charge in [-0.3, -0.25) is 25.1 Å². The van der Waals surface area contributed by atoms with Gasteiger partial charge in [0.25, 0.3) is 11.8 Å². The Kier molecular flexibility index (Phi) is 6.42. The number of carbonyl (C=O) groups is 2. The van der Waals surface area contributed by atoms with Gasteiger partial charge in [-0.15, -0.1) is 0 Å². The summed E-state index contributed by atoms with van der Waals surface area (Å²) >= 11 is 6.08. The van der Waals surface area contributed by atoms with E-state index >= 15 is 0 Å². The van der Waals surface area contributed by atoms with E-state index in [4.69, 9.17) is 16.3 Å². The number of nitrogens with one attached hydrogen (secondary N) is 2. The molecular weight excluding hydrogens is 404 g/mol. The average molecular weight is 427 g/mol. The number of hydrazine groups is 1. The Labute approximate surface area is 180 Å². The molecule has 0 fully saturated rings. The van der Waals surface area contributed by atoms with Gasteiger partial charge in [0.05, 0.1) is 10.7 Å². The third-order valence-corrected chi connectivity index (χ3v) is 5.21. The zero-order valence-electron chi connectivity index (χ0n) is 17.2. The summed E-state index contributed by atoms with van der Waals surface area (Å²) in [6.07, 6.45) is 0. The third-order valence-electron chi connectivity index (χ3n) is 4.75. The zero-order valence-corrected chi connectivity index (χ0v) is 18.0. The van der Waals surface area contributed by atoms with E-state index in [0.29, 0.717) is 17.9 Å². The van der Waals surface area contributed by atoms with Crippen LogP contribution in [0, 0.1) is 20.8 Å². The van der Waals surface area contributed by atoms with E-state index in [9.17, 15) is 9.59 Å². The minimum atomic E-state index is -0.546. The van der Waals surface area contributed by atoms with Crippen LogP contribution in [0.2, 0.25) is 5.02 Å². The fraction of sp³-hybridized carbons (Fsp3) is 0.227. The van der Waals surface area contributed by atoms with E-state index in [1.165, 1.54) is 15.8 Å². The number of aryl methyl sites for hydroxylation is 4. The first kappa shape index (κ1) is 21.4. The highest BCUT2D eigenvalue weighted by atomic mass is 35.5. The van der Waals surface area contributed by atoms with Gasteiger partial charge in [-0.05, 0) is 61.7 Å². The molecule has 1 aromatic heterocycles. The molecule has 1 heterocycles. The molecule has 0 atom stereocenters. The number of halogens is 1. The van der Waals surface area contributed by atoms with Crippen molar-refractivity contribution in [2.24, 2.45) is 7.05 Å². The first-order chi connectivity index (χ1) is 14.3. The largest absolute Gasteiger partial charge is 0.489 e. The number of hydrogen-bond acceptors (Lipinski definition) is 4. The number of ether oxygens (including phenoxy) is 1. The standard InChI is InChI=1S/C22H23ClN4O3/c1-13-5-10-18(11-14(13)2)30-12-16-6-8-17(9-7-16)21(28)24-25-22(29)20-19(23)15(3)26-27(20)4/h5-11H,12H2,1-4H3,(H,24,28)(H,25,29). The smallest absolute Gasteiger partial charge is 0.289 e. The lowest BCUT2D eigenvalue weighted by Crippen LogP contribution is -2.42. The summed E-state index contributed by atoms with van der Waals surface area (Å²) < 4.78 is 7.17. The Morgan fingerprint density at radius 2 is 1.67 bits per heavy atom. The van der Waals surface area contributed by atoms with Crippen molar-refractivity contribution in [3.63, 3.8) is 0 Å². The van der Waals surface area contributed by atoms with Gasteiger partial charge in [0.1, 0.15) is 18.1 Å². The summed E-state index contributed by atoms with van der Waals surface area (Å²) in [5.74, 6) is -0.193. The predicted octanol–water partition coefficient (Wildman–Crippen LogP) is 3.65. The number of rotatable bonds is 5. The van der Waals surface area contributed by atoms with Crippen LogP contribution in [0.3, 0.4) is 0 Å². The number of aromatic nitrogens is 2. The number of nitrogens with zero attached hydrogens (tertiary/aromatic N) is 2. The summed E-state index contributed by atoms with van der Waals surface area (Å²) in [6.45, 7) is 6.18. The van der Waals surface area contributed by atoms with Crippen LogP contribution < -0.4 is 15.6 Å². The summed E-state index contributed by atoms with van der Waals surface area (Å²) in [5, 5.41) is 4.32. The molecule has 0 radical (unpaired) electrons. The second kappa shape index (κ2) is 9.00. The maximum atomic E-state index is 12.3. The SMILES string of the molecule is Cc1ccc(OCc2ccc(C(=O)NNC(=O)c3c(Cl)c(C)nn3C)cc2)cc1C. The Hall–Kier alpha value is -3.32. The summed E-state index contributed by atoms with van der Waals surface area (Å²) in [7, 11) is 1.61. The maximum Gasteiger partial charge on any atom is 0.289 e. The molecule has 8 heteroatoms. The molecule has 2 amide bonds. The maximum absolute atomic E-state index is 12.3. The van der Waals surface area contributed by atoms with E-state index < -0.39 is 11.8 Å². The van der Waals surface area contributed by atoms with Gasteiger partial charge in [0.2, 0.25) is 0 Å². The van der Waals surface area contributed by atoms with Crippen molar-refractivity contribution >= 4 is 23.4 Å². The van der Waals surface area contributed by atoms with Gasteiger partial charge in [0.15, 0.2) is 0 Å². The number of carbonyl (C=O) groups excluding carboxylic acids is 2. The lowest BCUT2D eigenvalue weighted by atomic mass is 10.1. The average Bonchev–Trinajstić information content (AvgIpc) is 2.98. The third kappa shape index (κ3) is 4.80. The zero-order chi connectivity index (χ0) is 21.8. The topological polar surface area (TPSA) is 85.2 Å². The second-order valence-corrected chi connectivity index (χ2v) is 7.39. The Morgan fingerprint density at radius 1 is 1.00 bits per heavy atom.